The highest BCUT2D eigenvalue weighted by molar-refractivity contribution is 7.92. The van der Waals surface area contributed by atoms with Crippen LogP contribution >= 0.6 is 0 Å². The van der Waals surface area contributed by atoms with Crippen LogP contribution in [0.3, 0.4) is 0 Å². The fourth-order valence-corrected chi connectivity index (χ4v) is 3.46. The van der Waals surface area contributed by atoms with Gasteiger partial charge >= 0.3 is 0 Å². The van der Waals surface area contributed by atoms with Gasteiger partial charge in [-0.05, 0) is 62.2 Å². The Bertz CT molecular complexity index is 1090. The lowest BCUT2D eigenvalue weighted by Crippen LogP contribution is -2.15. The average molecular weight is 385 g/mol. The summed E-state index contributed by atoms with van der Waals surface area (Å²) >= 11 is 0. The van der Waals surface area contributed by atoms with Gasteiger partial charge in [-0.25, -0.2) is 8.42 Å². The molecule has 1 aromatic heterocycles. The van der Waals surface area contributed by atoms with E-state index >= 15 is 0 Å². The van der Waals surface area contributed by atoms with E-state index in [0.717, 1.165) is 16.8 Å². The molecule has 3 rings (SSSR count). The number of benzene rings is 2. The van der Waals surface area contributed by atoms with E-state index in [9.17, 15) is 13.2 Å². The minimum atomic E-state index is -3.82. The van der Waals surface area contributed by atoms with Crippen LogP contribution in [-0.2, 0) is 10.0 Å². The fraction of sp³-hybridized carbons (Fsp3) is 0.158. The molecule has 27 heavy (non-hydrogen) atoms. The van der Waals surface area contributed by atoms with Gasteiger partial charge in [0.2, 0.25) is 0 Å². The van der Waals surface area contributed by atoms with Crippen molar-refractivity contribution in [3.8, 4) is 0 Å². The Balaban J connectivity index is 1.76. The van der Waals surface area contributed by atoms with E-state index in [-0.39, 0.29) is 16.6 Å². The van der Waals surface area contributed by atoms with Crippen LogP contribution in [0, 0.1) is 20.8 Å². The summed E-state index contributed by atoms with van der Waals surface area (Å²) in [5.74, 6) is 0.281. The standard InChI is InChI=1S/C19H19N3O4S/c1-12-5-4-6-17(14(12)3)20-19(23)15-7-9-16(10-8-15)27(24,25)22-18-11-13(2)26-21-18/h4-11H,1-3H3,(H,20,23)(H,21,22). The molecule has 1 amide bonds. The molecule has 0 atom stereocenters. The van der Waals surface area contributed by atoms with Crippen molar-refractivity contribution in [2.45, 2.75) is 25.7 Å². The van der Waals surface area contributed by atoms with Gasteiger partial charge in [-0.1, -0.05) is 17.3 Å². The fourth-order valence-electron chi connectivity index (χ4n) is 2.48. The van der Waals surface area contributed by atoms with E-state index in [1.165, 1.54) is 30.3 Å². The SMILES string of the molecule is Cc1cc(NS(=O)(=O)c2ccc(C(=O)Nc3cccc(C)c3C)cc2)no1. The first kappa shape index (κ1) is 18.7. The Morgan fingerprint density at radius 1 is 1.04 bits per heavy atom. The maximum absolute atomic E-state index is 12.4. The van der Waals surface area contributed by atoms with Gasteiger partial charge in [-0.2, -0.15) is 0 Å². The number of anilines is 2. The lowest BCUT2D eigenvalue weighted by Gasteiger charge is -2.11. The minimum Gasteiger partial charge on any atom is -0.360 e. The summed E-state index contributed by atoms with van der Waals surface area (Å²) in [6.07, 6.45) is 0. The zero-order chi connectivity index (χ0) is 19.6. The summed E-state index contributed by atoms with van der Waals surface area (Å²) in [6, 6.07) is 12.8. The summed E-state index contributed by atoms with van der Waals surface area (Å²) < 4.78 is 31.9. The summed E-state index contributed by atoms with van der Waals surface area (Å²) in [4.78, 5) is 12.5. The van der Waals surface area contributed by atoms with E-state index in [0.29, 0.717) is 11.3 Å². The Morgan fingerprint density at radius 2 is 1.74 bits per heavy atom. The van der Waals surface area contributed by atoms with Crippen LogP contribution in [0.4, 0.5) is 11.5 Å². The maximum Gasteiger partial charge on any atom is 0.263 e. The molecular weight excluding hydrogens is 366 g/mol. The molecule has 0 fully saturated rings. The quantitative estimate of drug-likeness (QED) is 0.698. The average Bonchev–Trinajstić information content (AvgIpc) is 3.03. The molecule has 0 unspecified atom stereocenters. The summed E-state index contributed by atoms with van der Waals surface area (Å²) in [6.45, 7) is 5.56. The molecule has 1 heterocycles. The van der Waals surface area contributed by atoms with Crippen LogP contribution < -0.4 is 10.0 Å². The van der Waals surface area contributed by atoms with Gasteiger partial charge in [0.15, 0.2) is 5.82 Å². The van der Waals surface area contributed by atoms with E-state index in [1.807, 2.05) is 32.0 Å². The molecule has 3 aromatic rings. The summed E-state index contributed by atoms with van der Waals surface area (Å²) in [5.41, 5.74) is 3.13. The Kier molecular flexibility index (Phi) is 5.00. The van der Waals surface area contributed by atoms with Crippen molar-refractivity contribution in [2.75, 3.05) is 10.0 Å². The second kappa shape index (κ2) is 7.24. The van der Waals surface area contributed by atoms with Gasteiger partial charge in [0.25, 0.3) is 15.9 Å². The number of carbonyl (C=O) groups is 1. The zero-order valence-corrected chi connectivity index (χ0v) is 15.9. The van der Waals surface area contributed by atoms with Gasteiger partial charge in [0.1, 0.15) is 5.76 Å². The normalized spacial score (nSPS) is 11.2. The van der Waals surface area contributed by atoms with Gasteiger partial charge in [0, 0.05) is 17.3 Å². The number of hydrogen-bond donors (Lipinski definition) is 2. The predicted molar refractivity (Wildman–Crippen MR) is 102 cm³/mol. The molecule has 0 spiro atoms. The van der Waals surface area contributed by atoms with Gasteiger partial charge < -0.3 is 9.84 Å². The van der Waals surface area contributed by atoms with Crippen molar-refractivity contribution in [1.82, 2.24) is 5.16 Å². The van der Waals surface area contributed by atoms with Crippen LogP contribution in [0.2, 0.25) is 0 Å². The Hall–Kier alpha value is -3.13. The van der Waals surface area contributed by atoms with E-state index in [4.69, 9.17) is 4.52 Å². The van der Waals surface area contributed by atoms with Crippen molar-refractivity contribution in [1.29, 1.82) is 0 Å². The van der Waals surface area contributed by atoms with Crippen molar-refractivity contribution >= 4 is 27.4 Å². The van der Waals surface area contributed by atoms with Gasteiger partial charge in [-0.3, -0.25) is 9.52 Å². The number of nitrogens with one attached hydrogen (secondary N) is 2. The van der Waals surface area contributed by atoms with Crippen LogP contribution in [0.5, 0.6) is 0 Å². The van der Waals surface area contributed by atoms with Crippen LogP contribution in [0.25, 0.3) is 0 Å². The van der Waals surface area contributed by atoms with E-state index in [2.05, 4.69) is 15.2 Å². The first-order chi connectivity index (χ1) is 12.8. The largest absolute Gasteiger partial charge is 0.360 e. The topological polar surface area (TPSA) is 101 Å². The maximum atomic E-state index is 12.4. The van der Waals surface area contributed by atoms with Crippen LogP contribution in [-0.4, -0.2) is 19.5 Å². The second-order valence-corrected chi connectivity index (χ2v) is 7.84. The number of rotatable bonds is 5. The number of aromatic nitrogens is 1. The third kappa shape index (κ3) is 4.17. The first-order valence-electron chi connectivity index (χ1n) is 8.20. The van der Waals surface area contributed by atoms with E-state index < -0.39 is 10.0 Å². The second-order valence-electron chi connectivity index (χ2n) is 6.15. The first-order valence-corrected chi connectivity index (χ1v) is 9.68. The van der Waals surface area contributed by atoms with Crippen molar-refractivity contribution in [3.63, 3.8) is 0 Å². The highest BCUT2D eigenvalue weighted by Gasteiger charge is 2.17. The number of sulfonamides is 1. The predicted octanol–water partition coefficient (Wildman–Crippen LogP) is 3.65. The van der Waals surface area contributed by atoms with Crippen molar-refractivity contribution < 1.29 is 17.7 Å². The van der Waals surface area contributed by atoms with Crippen molar-refractivity contribution in [3.05, 3.63) is 71.0 Å². The van der Waals surface area contributed by atoms with Gasteiger partial charge in [0.05, 0.1) is 4.90 Å². The lowest BCUT2D eigenvalue weighted by molar-refractivity contribution is 0.102. The van der Waals surface area contributed by atoms with Crippen molar-refractivity contribution in [2.24, 2.45) is 0 Å². The molecule has 8 heteroatoms. The Morgan fingerprint density at radius 3 is 2.37 bits per heavy atom. The lowest BCUT2D eigenvalue weighted by atomic mass is 10.1. The molecule has 140 valence electrons. The third-order valence-corrected chi connectivity index (χ3v) is 5.52. The molecule has 0 aliphatic heterocycles. The number of aryl methyl sites for hydroxylation is 2. The molecule has 0 radical (unpaired) electrons. The number of amides is 1. The van der Waals surface area contributed by atoms with E-state index in [1.54, 1.807) is 6.92 Å². The minimum absolute atomic E-state index is 0.0199. The smallest absolute Gasteiger partial charge is 0.263 e. The molecule has 2 aromatic carbocycles. The van der Waals surface area contributed by atoms with Crippen LogP contribution in [0.1, 0.15) is 27.2 Å². The monoisotopic (exact) mass is 385 g/mol. The Labute approximate surface area is 157 Å². The molecule has 0 aliphatic rings. The van der Waals surface area contributed by atoms with Gasteiger partial charge in [-0.15, -0.1) is 0 Å². The number of hydrogen-bond acceptors (Lipinski definition) is 5. The molecule has 7 nitrogen and oxygen atoms in total. The highest BCUT2D eigenvalue weighted by Crippen LogP contribution is 2.20. The zero-order valence-electron chi connectivity index (χ0n) is 15.1. The third-order valence-electron chi connectivity index (χ3n) is 4.15. The molecule has 0 saturated heterocycles. The highest BCUT2D eigenvalue weighted by atomic mass is 32.2. The molecular formula is C19H19N3O4S. The summed E-state index contributed by atoms with van der Waals surface area (Å²) in [5, 5.41) is 6.45. The number of nitrogens with zero attached hydrogens (tertiary/aromatic N) is 1. The molecule has 0 aliphatic carbocycles. The molecule has 0 saturated carbocycles. The molecule has 2 N–H and O–H groups in total. The molecule has 0 bridgehead atoms. The van der Waals surface area contributed by atoms with Crippen LogP contribution in [0.15, 0.2) is 57.9 Å². The summed E-state index contributed by atoms with van der Waals surface area (Å²) in [7, 11) is -3.82. The number of carbonyl (C=O) groups excluding carboxylic acids is 1.